The lowest BCUT2D eigenvalue weighted by molar-refractivity contribution is -0.332. The predicted octanol–water partition coefficient (Wildman–Crippen LogP) is 10.4. The van der Waals surface area contributed by atoms with Crippen molar-refractivity contribution in [2.24, 2.45) is 0 Å². The molecule has 4 unspecified atom stereocenters. The summed E-state index contributed by atoms with van der Waals surface area (Å²) in [7, 11) is 0. The van der Waals surface area contributed by atoms with Gasteiger partial charge >= 0.3 is 11.9 Å². The molecular weight excluding hydrogens is 973 g/mol. The minimum Gasteiger partial charge on any atom is -0.462 e. The molecule has 0 bridgehead atoms. The second kappa shape index (κ2) is 47.1. The zero-order chi connectivity index (χ0) is 55.3. The van der Waals surface area contributed by atoms with Gasteiger partial charge in [-0.2, -0.15) is 0 Å². The Morgan fingerprint density at radius 3 is 1.30 bits per heavy atom. The molecule has 0 aromatic carbocycles. The van der Waals surface area contributed by atoms with Crippen LogP contribution in [0.5, 0.6) is 0 Å². The van der Waals surface area contributed by atoms with Gasteiger partial charge in [0.25, 0.3) is 0 Å². The van der Waals surface area contributed by atoms with Crippen LogP contribution in [0.4, 0.5) is 0 Å². The first kappa shape index (κ1) is 69.3. The molecule has 0 aromatic heterocycles. The molecule has 0 radical (unpaired) electrons. The third-order valence-electron chi connectivity index (χ3n) is 14.0. The van der Waals surface area contributed by atoms with Crippen molar-refractivity contribution in [1.29, 1.82) is 0 Å². The van der Waals surface area contributed by atoms with Crippen LogP contribution >= 0.6 is 0 Å². The van der Waals surface area contributed by atoms with E-state index in [0.717, 1.165) is 70.6 Å². The molecule has 2 aliphatic heterocycles. The van der Waals surface area contributed by atoms with Crippen molar-refractivity contribution < 1.29 is 73.8 Å². The molecule has 0 aromatic rings. The van der Waals surface area contributed by atoms with Crippen molar-refractivity contribution in [2.75, 3.05) is 26.4 Å². The summed E-state index contributed by atoms with van der Waals surface area (Å²) in [4.78, 5) is 25.9. The van der Waals surface area contributed by atoms with E-state index in [4.69, 9.17) is 28.4 Å². The van der Waals surface area contributed by atoms with Crippen LogP contribution in [-0.2, 0) is 38.0 Å². The molecule has 0 aliphatic carbocycles. The number of hydrogen-bond donors (Lipinski definition) is 7. The average molecular weight is 1080 g/mol. The quantitative estimate of drug-likeness (QED) is 0.0171. The van der Waals surface area contributed by atoms with Crippen molar-refractivity contribution in [1.82, 2.24) is 0 Å². The van der Waals surface area contributed by atoms with Gasteiger partial charge < -0.3 is 64.2 Å². The van der Waals surface area contributed by atoms with Crippen LogP contribution in [0.3, 0.4) is 0 Å². The monoisotopic (exact) mass is 1080 g/mol. The second-order valence-corrected chi connectivity index (χ2v) is 20.8. The Hall–Kier alpha value is -2.80. The summed E-state index contributed by atoms with van der Waals surface area (Å²) in [5.74, 6) is -0.956. The topological polar surface area (TPSA) is 231 Å². The SMILES string of the molecule is CC/C=C/C/C=C/C/C=C/C/C=C/C/C=C/CCCCCC(=O)O[C@@H](COC(=O)CCCCCCCCCCCCCCCCCCCCCCC)CO[C@@H]1O[C@H](CO[C@@H]2O[C@H](CO)[C@H](O)C(O)C2O)[C@H](O)C(O)C1O. The number of rotatable bonds is 47. The predicted molar refractivity (Wildman–Crippen MR) is 298 cm³/mol. The molecule has 440 valence electrons. The first-order chi connectivity index (χ1) is 37.0. The third kappa shape index (κ3) is 33.6. The van der Waals surface area contributed by atoms with E-state index in [1.165, 1.54) is 109 Å². The number of aliphatic hydroxyl groups is 7. The summed E-state index contributed by atoms with van der Waals surface area (Å²) in [6.07, 6.45) is 39.6. The van der Waals surface area contributed by atoms with Crippen LogP contribution < -0.4 is 0 Å². The summed E-state index contributed by atoms with van der Waals surface area (Å²) >= 11 is 0. The molecular formula is C61H106O15. The van der Waals surface area contributed by atoms with Gasteiger partial charge in [0.1, 0.15) is 55.4 Å². The maximum Gasteiger partial charge on any atom is 0.306 e. The highest BCUT2D eigenvalue weighted by molar-refractivity contribution is 5.70. The van der Waals surface area contributed by atoms with Crippen LogP contribution in [0.25, 0.3) is 0 Å². The van der Waals surface area contributed by atoms with E-state index < -0.39 is 99.3 Å². The highest BCUT2D eigenvalue weighted by Crippen LogP contribution is 2.27. The summed E-state index contributed by atoms with van der Waals surface area (Å²) in [6, 6.07) is 0. The van der Waals surface area contributed by atoms with Crippen molar-refractivity contribution in [3.63, 3.8) is 0 Å². The van der Waals surface area contributed by atoms with Gasteiger partial charge in [-0.25, -0.2) is 0 Å². The van der Waals surface area contributed by atoms with E-state index in [9.17, 15) is 45.3 Å². The largest absolute Gasteiger partial charge is 0.462 e. The Labute approximate surface area is 458 Å². The third-order valence-corrected chi connectivity index (χ3v) is 14.0. The van der Waals surface area contributed by atoms with Crippen molar-refractivity contribution in [3.05, 3.63) is 60.8 Å². The van der Waals surface area contributed by atoms with E-state index in [1.807, 2.05) is 0 Å². The zero-order valence-corrected chi connectivity index (χ0v) is 47.0. The molecule has 15 heteroatoms. The summed E-state index contributed by atoms with van der Waals surface area (Å²) in [5.41, 5.74) is 0. The first-order valence-electron chi connectivity index (χ1n) is 29.9. The van der Waals surface area contributed by atoms with E-state index in [1.54, 1.807) is 0 Å². The maximum absolute atomic E-state index is 13.1. The molecule has 15 nitrogen and oxygen atoms in total. The number of ether oxygens (including phenoxy) is 6. The Morgan fingerprint density at radius 1 is 0.434 bits per heavy atom. The van der Waals surface area contributed by atoms with E-state index >= 15 is 0 Å². The van der Waals surface area contributed by atoms with Gasteiger partial charge in [0, 0.05) is 12.8 Å². The van der Waals surface area contributed by atoms with E-state index in [2.05, 4.69) is 74.6 Å². The number of hydrogen-bond acceptors (Lipinski definition) is 15. The maximum atomic E-state index is 13.1. The van der Waals surface area contributed by atoms with Crippen molar-refractivity contribution in [2.45, 2.75) is 287 Å². The minimum atomic E-state index is -1.77. The lowest BCUT2D eigenvalue weighted by atomic mass is 9.98. The van der Waals surface area contributed by atoms with E-state index in [-0.39, 0.29) is 19.4 Å². The van der Waals surface area contributed by atoms with Crippen LogP contribution in [-0.4, -0.2) is 142 Å². The number of carbonyl (C=O) groups excluding carboxylic acids is 2. The Balaban J connectivity index is 1.75. The van der Waals surface area contributed by atoms with Crippen molar-refractivity contribution in [3.8, 4) is 0 Å². The molecule has 2 fully saturated rings. The van der Waals surface area contributed by atoms with Gasteiger partial charge in [-0.15, -0.1) is 0 Å². The van der Waals surface area contributed by atoms with E-state index in [0.29, 0.717) is 12.8 Å². The fourth-order valence-electron chi connectivity index (χ4n) is 9.19. The Bertz CT molecular complexity index is 1550. The molecule has 0 amide bonds. The zero-order valence-electron chi connectivity index (χ0n) is 47.0. The minimum absolute atomic E-state index is 0.125. The van der Waals surface area contributed by atoms with Crippen LogP contribution in [0.15, 0.2) is 60.8 Å². The molecule has 7 N–H and O–H groups in total. The molecule has 11 atom stereocenters. The number of aliphatic hydroxyl groups excluding tert-OH is 7. The molecule has 76 heavy (non-hydrogen) atoms. The molecule has 0 spiro atoms. The van der Waals surface area contributed by atoms with Gasteiger partial charge in [0.05, 0.1) is 19.8 Å². The first-order valence-corrected chi connectivity index (χ1v) is 29.9. The summed E-state index contributed by atoms with van der Waals surface area (Å²) < 4.78 is 33.7. The second-order valence-electron chi connectivity index (χ2n) is 20.8. The summed E-state index contributed by atoms with van der Waals surface area (Å²) in [6.45, 7) is 2.47. The molecule has 2 rings (SSSR count). The standard InChI is InChI=1S/C61H106O15/c1-3-5-7-9-11-13-15-17-19-21-23-24-26-27-29-31-33-35-37-39-41-43-52(63)71-46-49(74-53(64)44-42-40-38-36-34-32-30-28-25-22-20-18-16-14-12-10-8-6-4-2)47-72-60-59(70)57(68)55(66)51(76-60)48-73-61-58(69)56(67)54(65)50(45-62)75-61/h6,8,12,14,18,20,25,28,32,34,49-51,54-62,65-70H,3-5,7,9-11,13,15-17,19,21-24,26-27,29-31,33,35-48H2,1-2H3/b8-6+,14-12+,20-18+,28-25+,34-32+/t49-,50+,51+,54-,55-,56?,57?,58?,59?,60+,61+/m0/s1. The fourth-order valence-corrected chi connectivity index (χ4v) is 9.19. The normalized spacial score (nSPS) is 24.8. The number of carbonyl (C=O) groups is 2. The fraction of sp³-hybridized carbons (Fsp3) is 0.803. The van der Waals surface area contributed by atoms with Gasteiger partial charge in [-0.1, -0.05) is 209 Å². The molecule has 2 heterocycles. The average Bonchev–Trinajstić information content (AvgIpc) is 3.41. The smallest absolute Gasteiger partial charge is 0.306 e. The molecule has 0 saturated carbocycles. The van der Waals surface area contributed by atoms with Crippen LogP contribution in [0.2, 0.25) is 0 Å². The number of allylic oxidation sites excluding steroid dienone is 10. The summed E-state index contributed by atoms with van der Waals surface area (Å²) in [5, 5.41) is 72.3. The van der Waals surface area contributed by atoms with Gasteiger partial charge in [-0.3, -0.25) is 9.59 Å². The highest BCUT2D eigenvalue weighted by atomic mass is 16.7. The van der Waals surface area contributed by atoms with Gasteiger partial charge in [0.2, 0.25) is 0 Å². The van der Waals surface area contributed by atoms with Crippen LogP contribution in [0.1, 0.15) is 219 Å². The number of esters is 2. The van der Waals surface area contributed by atoms with Crippen molar-refractivity contribution >= 4 is 11.9 Å². The molecule has 2 aliphatic rings. The lowest BCUT2D eigenvalue weighted by Crippen LogP contribution is -2.61. The Kier molecular flexibility index (Phi) is 42.9. The highest BCUT2D eigenvalue weighted by Gasteiger charge is 2.47. The number of unbranched alkanes of at least 4 members (excludes halogenated alkanes) is 23. The van der Waals surface area contributed by atoms with Gasteiger partial charge in [0.15, 0.2) is 18.7 Å². The van der Waals surface area contributed by atoms with Gasteiger partial charge in [-0.05, 0) is 57.8 Å². The van der Waals surface area contributed by atoms with Crippen LogP contribution in [0, 0.1) is 0 Å². The lowest BCUT2D eigenvalue weighted by Gasteiger charge is -2.42. The Morgan fingerprint density at radius 2 is 0.829 bits per heavy atom. The molecule has 2 saturated heterocycles.